The Balaban J connectivity index is 1.42. The number of rotatable bonds is 11. The van der Waals surface area contributed by atoms with Crippen LogP contribution in [0.3, 0.4) is 0 Å². The van der Waals surface area contributed by atoms with E-state index in [2.05, 4.69) is 22.4 Å². The quantitative estimate of drug-likeness (QED) is 0.239. The first-order valence-electron chi connectivity index (χ1n) is 12.7. The van der Waals surface area contributed by atoms with E-state index in [-0.39, 0.29) is 11.5 Å². The largest absolute Gasteiger partial charge is 0.497 e. The molecule has 8 heteroatoms. The number of esters is 1. The van der Waals surface area contributed by atoms with Gasteiger partial charge in [-0.25, -0.2) is 0 Å². The predicted molar refractivity (Wildman–Crippen MR) is 149 cm³/mol. The number of hydrogen-bond acceptors (Lipinski definition) is 7. The maximum Gasteiger partial charge on any atom is 0.312 e. The fourth-order valence-corrected chi connectivity index (χ4v) is 6.99. The van der Waals surface area contributed by atoms with Gasteiger partial charge in [0.05, 0.1) is 28.9 Å². The van der Waals surface area contributed by atoms with Crippen LogP contribution >= 0.6 is 23.1 Å². The third kappa shape index (κ3) is 6.15. The van der Waals surface area contributed by atoms with Gasteiger partial charge in [0.25, 0.3) is 5.56 Å². The average molecular weight is 529 g/mol. The molecule has 1 aromatic carbocycles. The van der Waals surface area contributed by atoms with Gasteiger partial charge in [-0.1, -0.05) is 6.07 Å². The zero-order valence-electron chi connectivity index (χ0n) is 21.5. The molecule has 36 heavy (non-hydrogen) atoms. The molecule has 3 aromatic rings. The lowest BCUT2D eigenvalue weighted by Gasteiger charge is -2.40. The van der Waals surface area contributed by atoms with Gasteiger partial charge in [-0.3, -0.25) is 9.59 Å². The standard InChI is InChI=1S/C28H36N2O4S2/c1-4-34-27(32)28(11-14-29(15-12-28)16-18-36-26-7-5-17-35-26)10-6-13-30-24-20-22(33-3)8-9-23(24)21(2)19-25(30)31/h5,7-9,17,19-20H,4,6,10-16,18H2,1-3H3. The Hall–Kier alpha value is -2.29. The summed E-state index contributed by atoms with van der Waals surface area (Å²) in [6.45, 7) is 7.60. The molecule has 1 fully saturated rings. The monoisotopic (exact) mass is 528 g/mol. The SMILES string of the molecule is CCOC(=O)C1(CCCn2c(=O)cc(C)c3ccc(OC)cc32)CCN(CCSc2cccs2)CC1. The number of piperidine rings is 1. The van der Waals surface area contributed by atoms with Crippen molar-refractivity contribution < 1.29 is 14.3 Å². The highest BCUT2D eigenvalue weighted by Crippen LogP contribution is 2.38. The number of benzene rings is 1. The summed E-state index contributed by atoms with van der Waals surface area (Å²) in [5.74, 6) is 1.70. The number of carbonyl (C=O) groups is 1. The van der Waals surface area contributed by atoms with Crippen molar-refractivity contribution in [1.82, 2.24) is 9.47 Å². The highest BCUT2D eigenvalue weighted by molar-refractivity contribution is 8.01. The van der Waals surface area contributed by atoms with Crippen LogP contribution in [0.2, 0.25) is 0 Å². The lowest BCUT2D eigenvalue weighted by atomic mass is 9.74. The van der Waals surface area contributed by atoms with Gasteiger partial charge in [-0.2, -0.15) is 0 Å². The van der Waals surface area contributed by atoms with E-state index in [1.165, 1.54) is 4.21 Å². The van der Waals surface area contributed by atoms with E-state index in [9.17, 15) is 9.59 Å². The lowest BCUT2D eigenvalue weighted by Crippen LogP contribution is -2.46. The van der Waals surface area contributed by atoms with Crippen LogP contribution in [0, 0.1) is 12.3 Å². The molecular weight excluding hydrogens is 492 g/mol. The molecule has 3 heterocycles. The van der Waals surface area contributed by atoms with Crippen LogP contribution in [0.15, 0.2) is 50.8 Å². The van der Waals surface area contributed by atoms with E-state index in [0.29, 0.717) is 13.2 Å². The average Bonchev–Trinajstić information content (AvgIpc) is 3.40. The number of methoxy groups -OCH3 is 1. The molecule has 194 valence electrons. The molecule has 4 rings (SSSR count). The summed E-state index contributed by atoms with van der Waals surface area (Å²) in [6, 6.07) is 11.8. The summed E-state index contributed by atoms with van der Waals surface area (Å²) < 4.78 is 14.1. The molecule has 0 aliphatic carbocycles. The van der Waals surface area contributed by atoms with Crippen LogP contribution in [0.1, 0.15) is 38.2 Å². The van der Waals surface area contributed by atoms with Gasteiger partial charge < -0.3 is 18.9 Å². The van der Waals surface area contributed by atoms with E-state index in [1.54, 1.807) is 24.5 Å². The van der Waals surface area contributed by atoms with E-state index in [0.717, 1.165) is 73.3 Å². The minimum Gasteiger partial charge on any atom is -0.497 e. The molecule has 1 saturated heterocycles. The van der Waals surface area contributed by atoms with Crippen molar-refractivity contribution >= 4 is 40.0 Å². The minimum absolute atomic E-state index is 0.0171. The zero-order valence-corrected chi connectivity index (χ0v) is 23.1. The van der Waals surface area contributed by atoms with Crippen LogP contribution in [-0.4, -0.2) is 54.5 Å². The number of carbonyl (C=O) groups excluding carboxylic acids is 1. The van der Waals surface area contributed by atoms with Crippen molar-refractivity contribution in [2.45, 2.75) is 50.3 Å². The van der Waals surface area contributed by atoms with Gasteiger partial charge in [0.15, 0.2) is 0 Å². The molecule has 0 bridgehead atoms. The second-order valence-corrected chi connectivity index (χ2v) is 11.8. The van der Waals surface area contributed by atoms with Gasteiger partial charge in [-0.05, 0) is 81.8 Å². The van der Waals surface area contributed by atoms with Crippen molar-refractivity contribution in [1.29, 1.82) is 0 Å². The summed E-state index contributed by atoms with van der Waals surface area (Å²) in [7, 11) is 1.63. The van der Waals surface area contributed by atoms with E-state index in [4.69, 9.17) is 9.47 Å². The molecule has 0 N–H and O–H groups in total. The zero-order chi connectivity index (χ0) is 25.5. The molecule has 2 aromatic heterocycles. The predicted octanol–water partition coefficient (Wildman–Crippen LogP) is 5.60. The number of aromatic nitrogens is 1. The van der Waals surface area contributed by atoms with Crippen LogP contribution in [-0.2, 0) is 16.1 Å². The van der Waals surface area contributed by atoms with E-state index in [1.807, 2.05) is 48.4 Å². The molecule has 0 atom stereocenters. The number of likely N-dealkylation sites (tertiary alicyclic amines) is 1. The van der Waals surface area contributed by atoms with Crippen molar-refractivity contribution in [2.24, 2.45) is 5.41 Å². The minimum atomic E-state index is -0.477. The number of hydrogen-bond donors (Lipinski definition) is 0. The summed E-state index contributed by atoms with van der Waals surface area (Å²) in [5.41, 5.74) is 1.34. The van der Waals surface area contributed by atoms with Gasteiger partial charge >= 0.3 is 5.97 Å². The fraction of sp³-hybridized carbons (Fsp3) is 0.500. The molecule has 0 radical (unpaired) electrons. The van der Waals surface area contributed by atoms with Crippen LogP contribution < -0.4 is 10.3 Å². The van der Waals surface area contributed by atoms with Crippen LogP contribution in [0.5, 0.6) is 5.75 Å². The third-order valence-corrected chi connectivity index (χ3v) is 9.34. The number of nitrogens with zero attached hydrogens (tertiary/aromatic N) is 2. The van der Waals surface area contributed by atoms with Crippen molar-refractivity contribution in [3.05, 3.63) is 57.7 Å². The highest BCUT2D eigenvalue weighted by Gasteiger charge is 2.42. The number of thiophene rings is 1. The molecule has 0 spiro atoms. The maximum atomic E-state index is 13.1. The summed E-state index contributed by atoms with van der Waals surface area (Å²) in [6.07, 6.45) is 3.05. The highest BCUT2D eigenvalue weighted by atomic mass is 32.2. The number of fused-ring (bicyclic) bond motifs is 1. The molecule has 6 nitrogen and oxygen atoms in total. The van der Waals surface area contributed by atoms with Gasteiger partial charge in [-0.15, -0.1) is 23.1 Å². The fourth-order valence-electron chi connectivity index (χ4n) is 5.13. The first-order valence-corrected chi connectivity index (χ1v) is 14.6. The Labute approximate surface area is 221 Å². The normalized spacial score (nSPS) is 15.8. The van der Waals surface area contributed by atoms with E-state index >= 15 is 0 Å². The Morgan fingerprint density at radius 1 is 1.17 bits per heavy atom. The molecular formula is C28H36N2O4S2. The van der Waals surface area contributed by atoms with Crippen LogP contribution in [0.25, 0.3) is 10.9 Å². The summed E-state index contributed by atoms with van der Waals surface area (Å²) in [4.78, 5) is 28.5. The number of thioether (sulfide) groups is 1. The van der Waals surface area contributed by atoms with Gasteiger partial charge in [0.2, 0.25) is 0 Å². The Bertz CT molecular complexity index is 1210. The molecule has 1 aliphatic rings. The van der Waals surface area contributed by atoms with Gasteiger partial charge in [0.1, 0.15) is 5.75 Å². The maximum absolute atomic E-state index is 13.1. The van der Waals surface area contributed by atoms with Crippen LogP contribution in [0.4, 0.5) is 0 Å². The first kappa shape index (κ1) is 26.8. The lowest BCUT2D eigenvalue weighted by molar-refractivity contribution is -0.159. The first-order chi connectivity index (χ1) is 17.5. The van der Waals surface area contributed by atoms with E-state index < -0.39 is 5.41 Å². The Morgan fingerprint density at radius 2 is 1.97 bits per heavy atom. The summed E-state index contributed by atoms with van der Waals surface area (Å²) in [5, 5.41) is 3.16. The Morgan fingerprint density at radius 3 is 2.67 bits per heavy atom. The molecule has 0 amide bonds. The van der Waals surface area contributed by atoms with Crippen molar-refractivity contribution in [2.75, 3.05) is 39.1 Å². The number of aryl methyl sites for hydroxylation is 2. The Kier molecular flexibility index (Phi) is 9.14. The molecule has 0 saturated carbocycles. The molecule has 1 aliphatic heterocycles. The third-order valence-electron chi connectivity index (χ3n) is 7.23. The molecule has 0 unspecified atom stereocenters. The topological polar surface area (TPSA) is 60.8 Å². The second-order valence-electron chi connectivity index (χ2n) is 9.43. The summed E-state index contributed by atoms with van der Waals surface area (Å²) >= 11 is 3.68. The van der Waals surface area contributed by atoms with Crippen molar-refractivity contribution in [3.63, 3.8) is 0 Å². The number of pyridine rings is 1. The smallest absolute Gasteiger partial charge is 0.312 e. The number of ether oxygens (including phenoxy) is 2. The van der Waals surface area contributed by atoms with Gasteiger partial charge in [0, 0.05) is 36.4 Å². The second kappa shape index (κ2) is 12.3. The van der Waals surface area contributed by atoms with Crippen molar-refractivity contribution in [3.8, 4) is 5.75 Å².